The minimum atomic E-state index is -4.46. The van der Waals surface area contributed by atoms with Crippen LogP contribution in [0.2, 0.25) is 0 Å². The van der Waals surface area contributed by atoms with Gasteiger partial charge >= 0.3 is 6.18 Å². The minimum absolute atomic E-state index is 0.0828. The number of rotatable bonds is 6. The smallest absolute Gasteiger partial charge is 0.396 e. The van der Waals surface area contributed by atoms with Gasteiger partial charge in [-0.15, -0.1) is 0 Å². The van der Waals surface area contributed by atoms with Crippen molar-refractivity contribution in [3.05, 3.63) is 70.9 Å². The summed E-state index contributed by atoms with van der Waals surface area (Å²) in [6.45, 7) is 1.74. The van der Waals surface area contributed by atoms with E-state index in [1.54, 1.807) is 11.0 Å². The molecule has 1 N–H and O–H groups in total. The summed E-state index contributed by atoms with van der Waals surface area (Å²) in [5.41, 5.74) is 3.68. The van der Waals surface area contributed by atoms with Gasteiger partial charge in [-0.2, -0.15) is 13.2 Å². The summed E-state index contributed by atoms with van der Waals surface area (Å²) in [7, 11) is 0. The van der Waals surface area contributed by atoms with Gasteiger partial charge in [0.2, 0.25) is 11.8 Å². The van der Waals surface area contributed by atoms with Gasteiger partial charge in [0.1, 0.15) is 23.8 Å². The Balaban J connectivity index is 1.04. The fraction of sp³-hybridized carbons (Fsp3) is 0.438. The molecule has 3 unspecified atom stereocenters. The molecule has 7 rings (SSSR count). The van der Waals surface area contributed by atoms with E-state index in [4.69, 9.17) is 14.5 Å². The number of likely N-dealkylation sites (tertiary alicyclic amines) is 1. The summed E-state index contributed by atoms with van der Waals surface area (Å²) in [6, 6.07) is 13.6. The van der Waals surface area contributed by atoms with Gasteiger partial charge in [-0.3, -0.25) is 29.6 Å². The molecule has 0 spiro atoms. The van der Waals surface area contributed by atoms with Crippen LogP contribution in [0.25, 0.3) is 10.9 Å². The van der Waals surface area contributed by atoms with Crippen molar-refractivity contribution in [2.75, 3.05) is 26.3 Å². The number of carbonyl (C=O) groups is 3. The van der Waals surface area contributed by atoms with Crippen LogP contribution in [-0.2, 0) is 27.4 Å². The van der Waals surface area contributed by atoms with E-state index in [9.17, 15) is 27.6 Å². The lowest BCUT2D eigenvalue weighted by atomic mass is 10.0. The third-order valence-corrected chi connectivity index (χ3v) is 9.07. The number of hydrogen-bond donors (Lipinski definition) is 1. The number of alkyl halides is 3. The topological polar surface area (TPSA) is 101 Å². The number of carbonyl (C=O) groups excluding carboxylic acids is 3. The molecule has 0 aliphatic carbocycles. The summed E-state index contributed by atoms with van der Waals surface area (Å²) >= 11 is 0. The normalized spacial score (nSPS) is 26.0. The molecule has 1 aromatic heterocycles. The Kier molecular flexibility index (Phi) is 7.28. The average molecular weight is 609 g/mol. The van der Waals surface area contributed by atoms with Gasteiger partial charge in [0.15, 0.2) is 0 Å². The third-order valence-electron chi connectivity index (χ3n) is 9.07. The predicted molar refractivity (Wildman–Crippen MR) is 152 cm³/mol. The first-order valence-electron chi connectivity index (χ1n) is 14.8. The second kappa shape index (κ2) is 11.2. The fourth-order valence-electron chi connectivity index (χ4n) is 6.76. The molecular weight excluding hydrogens is 577 g/mol. The van der Waals surface area contributed by atoms with Crippen molar-refractivity contribution in [3.63, 3.8) is 0 Å². The maximum absolute atomic E-state index is 14.2. The van der Waals surface area contributed by atoms with Crippen molar-refractivity contribution in [2.45, 2.75) is 56.6 Å². The Bertz CT molecular complexity index is 1640. The molecule has 4 aliphatic rings. The molecule has 3 amide bonds. The Labute approximate surface area is 251 Å². The summed E-state index contributed by atoms with van der Waals surface area (Å²) in [4.78, 5) is 44.8. The first-order chi connectivity index (χ1) is 21.1. The van der Waals surface area contributed by atoms with E-state index in [1.807, 2.05) is 30.3 Å². The van der Waals surface area contributed by atoms with Crippen LogP contribution in [0, 0.1) is 5.92 Å². The van der Waals surface area contributed by atoms with Crippen molar-refractivity contribution in [2.24, 2.45) is 5.92 Å². The number of amides is 3. The summed E-state index contributed by atoms with van der Waals surface area (Å²) < 4.78 is 53.9. The van der Waals surface area contributed by atoms with Crippen LogP contribution >= 0.6 is 0 Å². The molecule has 0 bridgehead atoms. The monoisotopic (exact) mass is 608 g/mol. The lowest BCUT2D eigenvalue weighted by molar-refractivity contribution is -0.186. The minimum Gasteiger partial charge on any atom is -0.488 e. The molecule has 3 saturated heterocycles. The summed E-state index contributed by atoms with van der Waals surface area (Å²) in [5, 5.41) is 3.19. The highest BCUT2D eigenvalue weighted by atomic mass is 19.4. The highest BCUT2D eigenvalue weighted by molar-refractivity contribution is 6.05. The SMILES string of the molecule is O=C1CCC(N2Cc3cc(OC4CN(Cc5ccc6nc([C@H]7CCOC7)ccc6c5)CC4C(F)(F)F)ccc3C2=O)C(=O)N1. The molecule has 4 aliphatic heterocycles. The molecule has 5 heterocycles. The molecule has 44 heavy (non-hydrogen) atoms. The predicted octanol–water partition coefficient (Wildman–Crippen LogP) is 3.94. The summed E-state index contributed by atoms with van der Waals surface area (Å²) in [5.74, 6) is -2.41. The highest BCUT2D eigenvalue weighted by Crippen LogP contribution is 2.38. The van der Waals surface area contributed by atoms with E-state index in [0.717, 1.165) is 35.2 Å². The molecule has 4 atom stereocenters. The number of pyridine rings is 1. The fourth-order valence-corrected chi connectivity index (χ4v) is 6.76. The number of fused-ring (bicyclic) bond motifs is 2. The number of hydrogen-bond acceptors (Lipinski definition) is 7. The second-order valence-electron chi connectivity index (χ2n) is 12.0. The molecule has 3 fully saturated rings. The quantitative estimate of drug-likeness (QED) is 0.423. The van der Waals surface area contributed by atoms with E-state index >= 15 is 0 Å². The second-order valence-corrected chi connectivity index (χ2v) is 12.0. The first-order valence-corrected chi connectivity index (χ1v) is 14.8. The average Bonchev–Trinajstić information content (AvgIpc) is 3.73. The van der Waals surface area contributed by atoms with E-state index in [1.165, 1.54) is 17.0 Å². The van der Waals surface area contributed by atoms with Gasteiger partial charge in [-0.25, -0.2) is 0 Å². The van der Waals surface area contributed by atoms with Gasteiger partial charge < -0.3 is 14.4 Å². The molecule has 2 aromatic carbocycles. The van der Waals surface area contributed by atoms with Crippen LogP contribution in [0.1, 0.15) is 52.4 Å². The molecule has 0 radical (unpaired) electrons. The van der Waals surface area contributed by atoms with E-state index in [2.05, 4.69) is 5.32 Å². The largest absolute Gasteiger partial charge is 0.488 e. The van der Waals surface area contributed by atoms with E-state index < -0.39 is 30.1 Å². The number of halogens is 3. The Hall–Kier alpha value is -4.03. The molecule has 0 saturated carbocycles. The third kappa shape index (κ3) is 5.52. The van der Waals surface area contributed by atoms with Crippen LogP contribution in [0.15, 0.2) is 48.5 Å². The number of imide groups is 1. The number of aromatic nitrogens is 1. The number of ether oxygens (including phenoxy) is 2. The zero-order valence-electron chi connectivity index (χ0n) is 23.8. The standard InChI is InChI=1S/C32H31F3N4O5/c33-32(34,35)24-15-38(13-18-1-5-25-19(11-18)2-6-26(36-25)20-9-10-43-17-20)16-28(24)44-22-3-4-23-21(12-22)14-39(31(23)42)27-7-8-29(40)37-30(27)41/h1-6,11-12,20,24,27-28H,7-10,13-17H2,(H,37,40,41)/t20-,24?,27?,28?/m0/s1. The molecule has 9 nitrogen and oxygen atoms in total. The number of benzene rings is 2. The Morgan fingerprint density at radius 3 is 2.66 bits per heavy atom. The van der Waals surface area contributed by atoms with Gasteiger partial charge in [0.25, 0.3) is 5.91 Å². The number of nitrogens with zero attached hydrogens (tertiary/aromatic N) is 3. The van der Waals surface area contributed by atoms with Gasteiger partial charge in [-0.05, 0) is 60.4 Å². The Morgan fingerprint density at radius 1 is 1.02 bits per heavy atom. The van der Waals surface area contributed by atoms with E-state index in [-0.39, 0.29) is 56.0 Å². The van der Waals surface area contributed by atoms with Crippen LogP contribution in [-0.4, -0.2) is 77.1 Å². The lowest BCUT2D eigenvalue weighted by Gasteiger charge is -2.29. The van der Waals surface area contributed by atoms with Crippen LogP contribution in [0.5, 0.6) is 5.75 Å². The zero-order valence-corrected chi connectivity index (χ0v) is 23.8. The number of nitrogens with one attached hydrogen (secondary N) is 1. The van der Waals surface area contributed by atoms with Crippen molar-refractivity contribution >= 4 is 28.6 Å². The molecule has 3 aromatic rings. The van der Waals surface area contributed by atoms with Crippen LogP contribution < -0.4 is 10.1 Å². The lowest BCUT2D eigenvalue weighted by Crippen LogP contribution is -2.52. The maximum atomic E-state index is 14.2. The van der Waals surface area contributed by atoms with Crippen LogP contribution in [0.3, 0.4) is 0 Å². The first kappa shape index (κ1) is 28.7. The van der Waals surface area contributed by atoms with Crippen LogP contribution in [0.4, 0.5) is 13.2 Å². The van der Waals surface area contributed by atoms with Crippen molar-refractivity contribution in [1.82, 2.24) is 20.1 Å². The molecular formula is C32H31F3N4O5. The summed E-state index contributed by atoms with van der Waals surface area (Å²) in [6.07, 6.45) is -4.28. The maximum Gasteiger partial charge on any atom is 0.396 e. The van der Waals surface area contributed by atoms with Gasteiger partial charge in [-0.1, -0.05) is 12.1 Å². The molecule has 12 heteroatoms. The number of piperidine rings is 1. The molecule has 230 valence electrons. The Morgan fingerprint density at radius 2 is 1.89 bits per heavy atom. The van der Waals surface area contributed by atoms with Crippen molar-refractivity contribution in [1.29, 1.82) is 0 Å². The van der Waals surface area contributed by atoms with Crippen molar-refractivity contribution < 1.29 is 37.0 Å². The zero-order chi connectivity index (χ0) is 30.6. The van der Waals surface area contributed by atoms with Crippen molar-refractivity contribution in [3.8, 4) is 5.75 Å². The van der Waals surface area contributed by atoms with E-state index in [0.29, 0.717) is 24.3 Å². The van der Waals surface area contributed by atoms with Gasteiger partial charge in [0, 0.05) is 61.8 Å². The highest BCUT2D eigenvalue weighted by Gasteiger charge is 2.51. The van der Waals surface area contributed by atoms with Gasteiger partial charge in [0.05, 0.1) is 12.1 Å².